The summed E-state index contributed by atoms with van der Waals surface area (Å²) in [4.78, 5) is 12.3. The van der Waals surface area contributed by atoms with E-state index in [4.69, 9.17) is 27.9 Å². The number of hydrogen-bond acceptors (Lipinski definition) is 3. The molecule has 1 aliphatic rings. The predicted molar refractivity (Wildman–Crippen MR) is 85.2 cm³/mol. The second-order valence-electron chi connectivity index (χ2n) is 4.41. The second-order valence-corrected chi connectivity index (χ2v) is 6.11. The van der Waals surface area contributed by atoms with E-state index in [0.717, 1.165) is 0 Å². The summed E-state index contributed by atoms with van der Waals surface area (Å²) in [5.74, 6) is 0.314. The number of carbonyl (C=O) groups excluding carboxylic acids is 1. The fourth-order valence-corrected chi connectivity index (χ4v) is 2.91. The number of halogens is 3. The summed E-state index contributed by atoms with van der Waals surface area (Å²) >= 11 is 15.1. The Morgan fingerprint density at radius 2 is 1.95 bits per heavy atom. The molecule has 3 rings (SSSR count). The van der Waals surface area contributed by atoms with Gasteiger partial charge in [-0.1, -0.05) is 29.3 Å². The van der Waals surface area contributed by atoms with Crippen LogP contribution >= 0.6 is 39.1 Å². The lowest BCUT2D eigenvalue weighted by Crippen LogP contribution is -1.98. The Labute approximate surface area is 138 Å². The highest BCUT2D eigenvalue weighted by Crippen LogP contribution is 2.40. The first-order valence-corrected chi connectivity index (χ1v) is 7.42. The molecule has 0 aliphatic carbocycles. The molecule has 6 heteroatoms. The molecule has 1 N–H and O–H groups in total. The number of carbonyl (C=O) groups is 1. The lowest BCUT2D eigenvalue weighted by atomic mass is 10.1. The zero-order chi connectivity index (χ0) is 15.1. The molecule has 0 fully saturated rings. The van der Waals surface area contributed by atoms with Gasteiger partial charge in [-0.05, 0) is 51.8 Å². The van der Waals surface area contributed by atoms with Crippen LogP contribution in [0, 0.1) is 0 Å². The predicted octanol–water partition coefficient (Wildman–Crippen LogP) is 5.08. The van der Waals surface area contributed by atoms with E-state index < -0.39 is 0 Å². The van der Waals surface area contributed by atoms with Crippen LogP contribution in [-0.2, 0) is 0 Å². The van der Waals surface area contributed by atoms with E-state index in [1.165, 1.54) is 18.2 Å². The van der Waals surface area contributed by atoms with Crippen LogP contribution in [0.2, 0.25) is 10.0 Å². The molecule has 106 valence electrons. The number of Topliss-reactive ketones (excluding diaryl/α,β-unsaturated/α-hetero) is 1. The normalized spacial score (nSPS) is 15.2. The molecule has 1 aliphatic heterocycles. The summed E-state index contributed by atoms with van der Waals surface area (Å²) in [5, 5.41) is 10.1. The highest BCUT2D eigenvalue weighted by Gasteiger charge is 2.30. The molecule has 0 saturated heterocycles. The molecule has 21 heavy (non-hydrogen) atoms. The van der Waals surface area contributed by atoms with Crippen molar-refractivity contribution in [1.29, 1.82) is 0 Å². The highest BCUT2D eigenvalue weighted by atomic mass is 79.9. The van der Waals surface area contributed by atoms with Crippen molar-refractivity contribution in [3.05, 3.63) is 61.7 Å². The van der Waals surface area contributed by atoms with Crippen molar-refractivity contribution < 1.29 is 14.6 Å². The Kier molecular flexibility index (Phi) is 3.69. The topological polar surface area (TPSA) is 46.5 Å². The standard InChI is InChI=1S/C15H7BrCl2O3/c16-10-3-7(1-2-12(10)19)4-13-14(20)9-5-8(17)6-11(18)15(9)21-13/h1-6,19H/b13-4-. The van der Waals surface area contributed by atoms with Crippen LogP contribution in [0.25, 0.3) is 6.08 Å². The smallest absolute Gasteiger partial charge is 0.232 e. The van der Waals surface area contributed by atoms with Crippen molar-refractivity contribution in [1.82, 2.24) is 0 Å². The quantitative estimate of drug-likeness (QED) is 0.696. The zero-order valence-electron chi connectivity index (χ0n) is 10.4. The van der Waals surface area contributed by atoms with Crippen molar-refractivity contribution in [3.63, 3.8) is 0 Å². The maximum Gasteiger partial charge on any atom is 0.232 e. The van der Waals surface area contributed by atoms with Gasteiger partial charge in [-0.2, -0.15) is 0 Å². The Morgan fingerprint density at radius 1 is 1.19 bits per heavy atom. The molecule has 0 radical (unpaired) electrons. The minimum absolute atomic E-state index is 0.119. The molecular weight excluding hydrogens is 379 g/mol. The zero-order valence-corrected chi connectivity index (χ0v) is 13.5. The van der Waals surface area contributed by atoms with E-state index in [-0.39, 0.29) is 17.3 Å². The molecule has 0 saturated carbocycles. The number of benzene rings is 2. The van der Waals surface area contributed by atoms with Gasteiger partial charge in [0.05, 0.1) is 15.1 Å². The average molecular weight is 386 g/mol. The molecule has 2 aromatic rings. The number of ketones is 1. The number of fused-ring (bicyclic) bond motifs is 1. The van der Waals surface area contributed by atoms with Crippen LogP contribution in [0.4, 0.5) is 0 Å². The van der Waals surface area contributed by atoms with Crippen molar-refractivity contribution in [2.75, 3.05) is 0 Å². The van der Waals surface area contributed by atoms with Crippen LogP contribution in [0.1, 0.15) is 15.9 Å². The van der Waals surface area contributed by atoms with Crippen LogP contribution in [0.3, 0.4) is 0 Å². The van der Waals surface area contributed by atoms with Crippen LogP contribution in [-0.4, -0.2) is 10.9 Å². The van der Waals surface area contributed by atoms with E-state index in [2.05, 4.69) is 15.9 Å². The van der Waals surface area contributed by atoms with Crippen LogP contribution < -0.4 is 4.74 Å². The maximum atomic E-state index is 12.3. The monoisotopic (exact) mass is 384 g/mol. The number of ether oxygens (including phenoxy) is 1. The van der Waals surface area contributed by atoms with Gasteiger partial charge in [0.2, 0.25) is 5.78 Å². The lowest BCUT2D eigenvalue weighted by Gasteiger charge is -2.02. The Bertz CT molecular complexity index is 800. The molecule has 0 bridgehead atoms. The van der Waals surface area contributed by atoms with Crippen LogP contribution in [0.15, 0.2) is 40.6 Å². The molecule has 0 unspecified atom stereocenters. The molecule has 2 aromatic carbocycles. The first-order valence-electron chi connectivity index (χ1n) is 5.87. The van der Waals surface area contributed by atoms with Crippen molar-refractivity contribution in [3.8, 4) is 11.5 Å². The number of phenols is 1. The molecule has 0 aromatic heterocycles. The summed E-state index contributed by atoms with van der Waals surface area (Å²) in [6.07, 6.45) is 1.58. The summed E-state index contributed by atoms with van der Waals surface area (Å²) < 4.78 is 6.05. The third-order valence-corrected chi connectivity index (χ3v) is 4.09. The average Bonchev–Trinajstić information content (AvgIpc) is 2.72. The molecule has 0 atom stereocenters. The number of phenolic OH excluding ortho intramolecular Hbond substituents is 1. The lowest BCUT2D eigenvalue weighted by molar-refractivity contribution is 0.101. The van der Waals surface area contributed by atoms with E-state index in [9.17, 15) is 9.90 Å². The van der Waals surface area contributed by atoms with E-state index in [0.29, 0.717) is 31.4 Å². The van der Waals surface area contributed by atoms with Gasteiger partial charge < -0.3 is 9.84 Å². The Morgan fingerprint density at radius 3 is 2.67 bits per heavy atom. The largest absolute Gasteiger partial charge is 0.507 e. The number of allylic oxidation sites excluding steroid dienone is 1. The van der Waals surface area contributed by atoms with E-state index >= 15 is 0 Å². The number of rotatable bonds is 1. The minimum Gasteiger partial charge on any atom is -0.507 e. The Balaban J connectivity index is 2.03. The van der Waals surface area contributed by atoms with Gasteiger partial charge in [0.15, 0.2) is 11.5 Å². The summed E-state index contributed by atoms with van der Waals surface area (Å²) in [6.45, 7) is 0. The van der Waals surface area contributed by atoms with Crippen molar-refractivity contribution in [2.24, 2.45) is 0 Å². The molecule has 3 nitrogen and oxygen atoms in total. The van der Waals surface area contributed by atoms with Crippen molar-refractivity contribution in [2.45, 2.75) is 0 Å². The first-order chi connectivity index (χ1) is 9.95. The van der Waals surface area contributed by atoms with Gasteiger partial charge in [0.1, 0.15) is 5.75 Å². The summed E-state index contributed by atoms with van der Waals surface area (Å²) in [6, 6.07) is 7.92. The van der Waals surface area contributed by atoms with Gasteiger partial charge in [-0.15, -0.1) is 0 Å². The van der Waals surface area contributed by atoms with Gasteiger partial charge in [0, 0.05) is 5.02 Å². The van der Waals surface area contributed by atoms with Gasteiger partial charge >= 0.3 is 0 Å². The van der Waals surface area contributed by atoms with E-state index in [1.807, 2.05) is 0 Å². The molecular formula is C15H7BrCl2O3. The fourth-order valence-electron chi connectivity index (χ4n) is 1.98. The minimum atomic E-state index is -0.279. The Hall–Kier alpha value is -1.49. The van der Waals surface area contributed by atoms with E-state index in [1.54, 1.807) is 18.2 Å². The first kappa shape index (κ1) is 14.4. The highest BCUT2D eigenvalue weighted by molar-refractivity contribution is 9.10. The van der Waals surface area contributed by atoms with Gasteiger partial charge in [0.25, 0.3) is 0 Å². The third-order valence-electron chi connectivity index (χ3n) is 2.96. The second kappa shape index (κ2) is 5.37. The van der Waals surface area contributed by atoms with Gasteiger partial charge in [-0.25, -0.2) is 0 Å². The van der Waals surface area contributed by atoms with Crippen LogP contribution in [0.5, 0.6) is 11.5 Å². The van der Waals surface area contributed by atoms with Gasteiger partial charge in [-0.3, -0.25) is 4.79 Å². The summed E-state index contributed by atoms with van der Waals surface area (Å²) in [5.41, 5.74) is 1.05. The molecule has 0 amide bonds. The number of hydrogen-bond donors (Lipinski definition) is 1. The fraction of sp³-hybridized carbons (Fsp3) is 0. The third kappa shape index (κ3) is 2.67. The SMILES string of the molecule is O=C1/C(=C/c2ccc(O)c(Br)c2)Oc2c(Cl)cc(Cl)cc21. The number of aromatic hydroxyl groups is 1. The van der Waals surface area contributed by atoms with Crippen molar-refractivity contribution >= 4 is 51.0 Å². The molecule has 1 heterocycles. The maximum absolute atomic E-state index is 12.3. The summed E-state index contributed by atoms with van der Waals surface area (Å²) in [7, 11) is 0. The molecule has 0 spiro atoms.